The Labute approximate surface area is 105 Å². The highest BCUT2D eigenvalue weighted by atomic mass is 32.2. The molecule has 84 valence electrons. The number of carbonyl (C=O) groups is 1. The Balaban J connectivity index is 2.24. The molecule has 0 aliphatic heterocycles. The van der Waals surface area contributed by atoms with Crippen LogP contribution in [0.15, 0.2) is 42.5 Å². The van der Waals surface area contributed by atoms with Crippen LogP contribution in [-0.4, -0.2) is 17.3 Å². The Kier molecular flexibility index (Phi) is 2.52. The molecule has 3 rings (SSSR count). The van der Waals surface area contributed by atoms with Gasteiger partial charge in [-0.15, -0.1) is 11.8 Å². The molecule has 2 aromatic rings. The average molecular weight is 240 g/mol. The van der Waals surface area contributed by atoms with Crippen molar-refractivity contribution >= 4 is 34.4 Å². The summed E-state index contributed by atoms with van der Waals surface area (Å²) in [7, 11) is 0. The van der Waals surface area contributed by atoms with Crippen molar-refractivity contribution in [2.45, 2.75) is 5.25 Å². The molecular weight excluding hydrogens is 228 g/mol. The van der Waals surface area contributed by atoms with E-state index in [2.05, 4.69) is 24.3 Å². The fourth-order valence-electron chi connectivity index (χ4n) is 2.23. The summed E-state index contributed by atoms with van der Waals surface area (Å²) in [4.78, 5) is 12.2. The van der Waals surface area contributed by atoms with Crippen molar-refractivity contribution in [2.24, 2.45) is 0 Å². The topological polar surface area (TPSA) is 17.1 Å². The van der Waals surface area contributed by atoms with E-state index in [9.17, 15) is 4.79 Å². The van der Waals surface area contributed by atoms with Crippen molar-refractivity contribution in [3.05, 3.63) is 53.6 Å². The monoisotopic (exact) mass is 240 g/mol. The number of carbonyl (C=O) groups excluding carboxylic acids is 1. The summed E-state index contributed by atoms with van der Waals surface area (Å²) in [5, 5.41) is 2.30. The van der Waals surface area contributed by atoms with E-state index in [0.29, 0.717) is 0 Å². The first kappa shape index (κ1) is 10.6. The van der Waals surface area contributed by atoms with Crippen molar-refractivity contribution in [3.63, 3.8) is 0 Å². The summed E-state index contributed by atoms with van der Waals surface area (Å²) in [6.07, 6.45) is 6.02. The van der Waals surface area contributed by atoms with Gasteiger partial charge in [0.1, 0.15) is 0 Å². The Bertz CT molecular complexity index is 628. The lowest BCUT2D eigenvalue weighted by molar-refractivity contribution is 0.1000. The zero-order valence-corrected chi connectivity index (χ0v) is 10.3. The van der Waals surface area contributed by atoms with E-state index >= 15 is 0 Å². The number of hydrogen-bond donors (Lipinski definition) is 0. The summed E-state index contributed by atoms with van der Waals surface area (Å²) < 4.78 is 0. The first-order valence-electron chi connectivity index (χ1n) is 5.57. The Morgan fingerprint density at radius 1 is 1.12 bits per heavy atom. The predicted octanol–water partition coefficient (Wildman–Crippen LogP) is 3.78. The van der Waals surface area contributed by atoms with Gasteiger partial charge in [-0.1, -0.05) is 36.4 Å². The molecule has 0 N–H and O–H groups in total. The lowest BCUT2D eigenvalue weighted by Crippen LogP contribution is -2.18. The van der Waals surface area contributed by atoms with Gasteiger partial charge >= 0.3 is 0 Å². The number of rotatable bonds is 1. The molecule has 2 aromatic carbocycles. The minimum atomic E-state index is -0.0244. The number of ketones is 1. The van der Waals surface area contributed by atoms with E-state index < -0.39 is 0 Å². The van der Waals surface area contributed by atoms with Crippen LogP contribution in [0.3, 0.4) is 0 Å². The normalized spacial score (nSPS) is 18.4. The van der Waals surface area contributed by atoms with Crippen LogP contribution in [0, 0.1) is 0 Å². The van der Waals surface area contributed by atoms with Crippen LogP contribution in [0.4, 0.5) is 0 Å². The van der Waals surface area contributed by atoms with Crippen molar-refractivity contribution in [3.8, 4) is 0 Å². The molecule has 1 atom stereocenters. The second-order valence-electron chi connectivity index (χ2n) is 4.17. The fourth-order valence-corrected chi connectivity index (χ4v) is 2.80. The predicted molar refractivity (Wildman–Crippen MR) is 74.6 cm³/mol. The van der Waals surface area contributed by atoms with E-state index in [1.54, 1.807) is 11.8 Å². The van der Waals surface area contributed by atoms with Crippen LogP contribution in [0.25, 0.3) is 16.8 Å². The van der Waals surface area contributed by atoms with Gasteiger partial charge in [0.2, 0.25) is 0 Å². The molecule has 1 aliphatic carbocycles. The molecule has 1 nitrogen and oxygen atoms in total. The molecule has 17 heavy (non-hydrogen) atoms. The van der Waals surface area contributed by atoms with Crippen LogP contribution in [0.5, 0.6) is 0 Å². The molecule has 0 amide bonds. The molecule has 0 fully saturated rings. The van der Waals surface area contributed by atoms with Gasteiger partial charge in [0.05, 0.1) is 5.25 Å². The van der Waals surface area contributed by atoms with Gasteiger partial charge in [-0.05, 0) is 34.7 Å². The number of benzene rings is 2. The second kappa shape index (κ2) is 4.04. The quantitative estimate of drug-likeness (QED) is 0.754. The van der Waals surface area contributed by atoms with Crippen molar-refractivity contribution in [2.75, 3.05) is 6.26 Å². The first-order valence-corrected chi connectivity index (χ1v) is 6.86. The highest BCUT2D eigenvalue weighted by molar-refractivity contribution is 8.00. The third-order valence-electron chi connectivity index (χ3n) is 3.15. The van der Waals surface area contributed by atoms with Gasteiger partial charge in [-0.25, -0.2) is 0 Å². The number of thioether (sulfide) groups is 1. The van der Waals surface area contributed by atoms with E-state index in [-0.39, 0.29) is 11.0 Å². The summed E-state index contributed by atoms with van der Waals surface area (Å²) in [6.45, 7) is 0. The summed E-state index contributed by atoms with van der Waals surface area (Å²) in [6, 6.07) is 12.3. The third kappa shape index (κ3) is 1.69. The van der Waals surface area contributed by atoms with Gasteiger partial charge in [-0.3, -0.25) is 4.79 Å². The Hall–Kier alpha value is -1.54. The largest absolute Gasteiger partial charge is 0.293 e. The van der Waals surface area contributed by atoms with Crippen LogP contribution >= 0.6 is 11.8 Å². The highest BCUT2D eigenvalue weighted by Gasteiger charge is 2.22. The van der Waals surface area contributed by atoms with Crippen LogP contribution in [-0.2, 0) is 0 Å². The number of fused-ring (bicyclic) bond motifs is 2. The maximum absolute atomic E-state index is 12.2. The standard InChI is InChI=1S/C15H12OS/c1-17-14-7-6-12-8-10-4-2-3-5-11(10)9-13(12)15(14)16/h2-9,14H,1H3. The summed E-state index contributed by atoms with van der Waals surface area (Å²) in [5.74, 6) is 0.223. The molecule has 0 heterocycles. The molecule has 1 aliphatic rings. The van der Waals surface area contributed by atoms with Crippen molar-refractivity contribution in [1.29, 1.82) is 0 Å². The second-order valence-corrected chi connectivity index (χ2v) is 5.15. The van der Waals surface area contributed by atoms with Crippen LogP contribution in [0.1, 0.15) is 15.9 Å². The van der Waals surface area contributed by atoms with Crippen molar-refractivity contribution < 1.29 is 4.79 Å². The smallest absolute Gasteiger partial charge is 0.180 e. The lowest BCUT2D eigenvalue weighted by Gasteiger charge is -2.17. The van der Waals surface area contributed by atoms with Gasteiger partial charge in [0, 0.05) is 5.56 Å². The fraction of sp³-hybridized carbons (Fsp3) is 0.133. The molecule has 0 saturated carbocycles. The molecule has 0 bridgehead atoms. The number of hydrogen-bond acceptors (Lipinski definition) is 2. The Morgan fingerprint density at radius 3 is 2.53 bits per heavy atom. The minimum Gasteiger partial charge on any atom is -0.293 e. The maximum Gasteiger partial charge on any atom is 0.180 e. The zero-order chi connectivity index (χ0) is 11.8. The molecular formula is C15H12OS. The van der Waals surface area contributed by atoms with E-state index in [4.69, 9.17) is 0 Å². The van der Waals surface area contributed by atoms with Gasteiger partial charge < -0.3 is 0 Å². The molecule has 0 saturated heterocycles. The summed E-state index contributed by atoms with van der Waals surface area (Å²) in [5.41, 5.74) is 1.89. The third-order valence-corrected chi connectivity index (χ3v) is 4.03. The Morgan fingerprint density at radius 2 is 1.82 bits per heavy atom. The average Bonchev–Trinajstić information content (AvgIpc) is 2.37. The zero-order valence-electron chi connectivity index (χ0n) is 9.51. The lowest BCUT2D eigenvalue weighted by atomic mass is 9.93. The number of Topliss-reactive ketones (excluding diaryl/α,β-unsaturated/α-hetero) is 1. The molecule has 0 spiro atoms. The van der Waals surface area contributed by atoms with E-state index in [1.165, 1.54) is 5.39 Å². The SMILES string of the molecule is CSC1C=Cc2cc3ccccc3cc2C1=O. The molecule has 1 unspecified atom stereocenters. The van der Waals surface area contributed by atoms with Gasteiger partial charge in [0.15, 0.2) is 5.78 Å². The van der Waals surface area contributed by atoms with E-state index in [0.717, 1.165) is 16.5 Å². The van der Waals surface area contributed by atoms with Gasteiger partial charge in [-0.2, -0.15) is 0 Å². The van der Waals surface area contributed by atoms with E-state index in [1.807, 2.05) is 30.5 Å². The van der Waals surface area contributed by atoms with Crippen LogP contribution in [0.2, 0.25) is 0 Å². The first-order chi connectivity index (χ1) is 8.29. The molecule has 2 heteroatoms. The summed E-state index contributed by atoms with van der Waals surface area (Å²) >= 11 is 1.59. The van der Waals surface area contributed by atoms with Crippen molar-refractivity contribution in [1.82, 2.24) is 0 Å². The minimum absolute atomic E-state index is 0.0244. The highest BCUT2D eigenvalue weighted by Crippen LogP contribution is 2.28. The molecule has 0 aromatic heterocycles. The van der Waals surface area contributed by atoms with Gasteiger partial charge in [0.25, 0.3) is 0 Å². The maximum atomic E-state index is 12.2. The van der Waals surface area contributed by atoms with Crippen LogP contribution < -0.4 is 0 Å². The molecule has 0 radical (unpaired) electrons.